The Kier molecular flexibility index (Phi) is 4.64. The average molecular weight is 313 g/mol. The summed E-state index contributed by atoms with van der Waals surface area (Å²) in [6.45, 7) is 6.83. The minimum atomic E-state index is -1.10. The Labute approximate surface area is 131 Å². The van der Waals surface area contributed by atoms with Crippen LogP contribution in [-0.4, -0.2) is 33.7 Å². The van der Waals surface area contributed by atoms with Gasteiger partial charge in [0.15, 0.2) is 11.6 Å². The van der Waals surface area contributed by atoms with Crippen molar-refractivity contribution in [2.75, 3.05) is 0 Å². The molecule has 1 saturated carbocycles. The predicted octanol–water partition coefficient (Wildman–Crippen LogP) is 3.25. The quantitative estimate of drug-likeness (QED) is 0.575. The zero-order valence-corrected chi connectivity index (χ0v) is 14.0. The Morgan fingerprint density at radius 2 is 1.86 bits per heavy atom. The van der Waals surface area contributed by atoms with Crippen LogP contribution in [0.15, 0.2) is 0 Å². The van der Waals surface area contributed by atoms with Crippen molar-refractivity contribution in [1.29, 1.82) is 0 Å². The summed E-state index contributed by atoms with van der Waals surface area (Å²) in [5.74, 6) is -0.719. The highest BCUT2D eigenvalue weighted by atomic mass is 16.8. The van der Waals surface area contributed by atoms with E-state index < -0.39 is 23.0 Å². The van der Waals surface area contributed by atoms with Gasteiger partial charge in [-0.2, -0.15) is 0 Å². The van der Waals surface area contributed by atoms with Gasteiger partial charge >= 0.3 is 0 Å². The van der Waals surface area contributed by atoms with E-state index in [0.29, 0.717) is 0 Å². The number of hydrogen-bond donors (Lipinski definition) is 0. The fourth-order valence-electron chi connectivity index (χ4n) is 3.33. The van der Waals surface area contributed by atoms with Crippen LogP contribution in [0.1, 0.15) is 72.6 Å². The fourth-order valence-corrected chi connectivity index (χ4v) is 3.33. The zero-order valence-electron chi connectivity index (χ0n) is 14.0. The molecule has 6 nitrogen and oxygen atoms in total. The number of carbonyl (C=O) groups is 1. The number of carbonyl (C=O) groups excluding carboxylic acids is 1. The molecule has 0 aromatic carbocycles. The summed E-state index contributed by atoms with van der Waals surface area (Å²) in [5.41, 5.74) is -1.77. The normalized spacial score (nSPS) is 27.0. The van der Waals surface area contributed by atoms with Crippen LogP contribution < -0.4 is 0 Å². The summed E-state index contributed by atoms with van der Waals surface area (Å²) >= 11 is 0. The molecule has 1 aliphatic heterocycles. The third-order valence-corrected chi connectivity index (χ3v) is 4.80. The van der Waals surface area contributed by atoms with E-state index in [2.05, 4.69) is 0 Å². The second-order valence-corrected chi connectivity index (χ2v) is 7.71. The molecule has 0 aromatic heterocycles. The standard InChI is InChI=1S/C16H27NO5/c1-14(2,17(19)20)11-8-12(18)13-15(3,4)22-16(21-13)9-6-5-7-10-16/h13H,5-11H2,1-4H3. The van der Waals surface area contributed by atoms with E-state index in [4.69, 9.17) is 9.47 Å². The number of ketones is 1. The lowest BCUT2D eigenvalue weighted by Gasteiger charge is -2.32. The first-order valence-electron chi connectivity index (χ1n) is 8.13. The average Bonchev–Trinajstić information content (AvgIpc) is 2.67. The van der Waals surface area contributed by atoms with Crippen molar-refractivity contribution < 1.29 is 19.2 Å². The molecule has 2 aliphatic rings. The van der Waals surface area contributed by atoms with Crippen LogP contribution in [0.2, 0.25) is 0 Å². The molecule has 1 atom stereocenters. The van der Waals surface area contributed by atoms with Gasteiger partial charge < -0.3 is 9.47 Å². The van der Waals surface area contributed by atoms with E-state index in [9.17, 15) is 14.9 Å². The molecule has 2 rings (SSSR count). The summed E-state index contributed by atoms with van der Waals surface area (Å²) in [7, 11) is 0. The first-order chi connectivity index (χ1) is 10.1. The SMILES string of the molecule is CC1(C)OC2(CCCCC2)OC1C(=O)CCC(C)(C)[N+](=O)[O-]. The number of rotatable bonds is 5. The van der Waals surface area contributed by atoms with E-state index in [1.165, 1.54) is 6.42 Å². The molecule has 6 heteroatoms. The van der Waals surface area contributed by atoms with Crippen LogP contribution in [-0.2, 0) is 14.3 Å². The molecule has 0 aromatic rings. The van der Waals surface area contributed by atoms with Crippen molar-refractivity contribution in [2.45, 2.75) is 95.7 Å². The third-order valence-electron chi connectivity index (χ3n) is 4.80. The van der Waals surface area contributed by atoms with E-state index in [0.717, 1.165) is 25.7 Å². The number of ether oxygens (including phenoxy) is 2. The minimum Gasteiger partial charge on any atom is -0.341 e. The van der Waals surface area contributed by atoms with Gasteiger partial charge in [-0.15, -0.1) is 0 Å². The number of nitro groups is 1. The highest BCUT2D eigenvalue weighted by molar-refractivity contribution is 5.84. The van der Waals surface area contributed by atoms with Crippen LogP contribution in [0.5, 0.6) is 0 Å². The van der Waals surface area contributed by atoms with Crippen molar-refractivity contribution >= 4 is 5.78 Å². The van der Waals surface area contributed by atoms with Gasteiger partial charge in [0.1, 0.15) is 6.10 Å². The molecule has 1 heterocycles. The molecular formula is C16H27NO5. The second kappa shape index (κ2) is 5.89. The van der Waals surface area contributed by atoms with Crippen LogP contribution in [0, 0.1) is 10.1 Å². The maximum Gasteiger partial charge on any atom is 0.217 e. The summed E-state index contributed by atoms with van der Waals surface area (Å²) < 4.78 is 12.2. The maximum atomic E-state index is 12.5. The summed E-state index contributed by atoms with van der Waals surface area (Å²) in [5, 5.41) is 11.0. The van der Waals surface area contributed by atoms with Gasteiger partial charge in [-0.1, -0.05) is 6.42 Å². The van der Waals surface area contributed by atoms with Crippen LogP contribution in [0.3, 0.4) is 0 Å². The number of nitrogens with zero attached hydrogens (tertiary/aromatic N) is 1. The zero-order chi connectivity index (χ0) is 16.6. The molecule has 2 fully saturated rings. The van der Waals surface area contributed by atoms with Gasteiger partial charge in [0, 0.05) is 44.5 Å². The van der Waals surface area contributed by atoms with Crippen LogP contribution in [0.4, 0.5) is 0 Å². The fraction of sp³-hybridized carbons (Fsp3) is 0.938. The highest BCUT2D eigenvalue weighted by Gasteiger charge is 2.54. The van der Waals surface area contributed by atoms with Gasteiger partial charge in [-0.25, -0.2) is 0 Å². The first-order valence-corrected chi connectivity index (χ1v) is 8.13. The Bertz CT molecular complexity index is 451. The molecule has 22 heavy (non-hydrogen) atoms. The van der Waals surface area contributed by atoms with Crippen molar-refractivity contribution in [2.24, 2.45) is 0 Å². The van der Waals surface area contributed by atoms with Crippen LogP contribution >= 0.6 is 0 Å². The molecule has 0 N–H and O–H groups in total. The van der Waals surface area contributed by atoms with Crippen molar-refractivity contribution in [3.63, 3.8) is 0 Å². The molecule has 1 spiro atoms. The largest absolute Gasteiger partial charge is 0.341 e. The van der Waals surface area contributed by atoms with Crippen molar-refractivity contribution in [3.8, 4) is 0 Å². The third kappa shape index (κ3) is 3.49. The van der Waals surface area contributed by atoms with Gasteiger partial charge in [0.05, 0.1) is 5.60 Å². The second-order valence-electron chi connectivity index (χ2n) is 7.71. The molecule has 0 radical (unpaired) electrons. The molecule has 1 saturated heterocycles. The topological polar surface area (TPSA) is 78.7 Å². The van der Waals surface area contributed by atoms with E-state index in [1.54, 1.807) is 13.8 Å². The monoisotopic (exact) mass is 313 g/mol. The Hall–Kier alpha value is -1.01. The molecule has 126 valence electrons. The van der Waals surface area contributed by atoms with E-state index in [-0.39, 0.29) is 23.5 Å². The summed E-state index contributed by atoms with van der Waals surface area (Å²) in [4.78, 5) is 23.2. The number of Topliss-reactive ketones (excluding diaryl/α,β-unsaturated/α-hetero) is 1. The van der Waals surface area contributed by atoms with Crippen molar-refractivity contribution in [1.82, 2.24) is 0 Å². The smallest absolute Gasteiger partial charge is 0.217 e. The number of hydrogen-bond acceptors (Lipinski definition) is 5. The molecule has 1 aliphatic carbocycles. The lowest BCUT2D eigenvalue weighted by molar-refractivity contribution is -0.561. The van der Waals surface area contributed by atoms with Crippen LogP contribution in [0.25, 0.3) is 0 Å². The van der Waals surface area contributed by atoms with Crippen molar-refractivity contribution in [3.05, 3.63) is 10.1 Å². The van der Waals surface area contributed by atoms with Gasteiger partial charge in [0.2, 0.25) is 5.54 Å². The van der Waals surface area contributed by atoms with Gasteiger partial charge in [-0.05, 0) is 26.7 Å². The first kappa shape index (κ1) is 17.3. The Morgan fingerprint density at radius 3 is 2.41 bits per heavy atom. The molecule has 0 bridgehead atoms. The molecule has 0 amide bonds. The Balaban J connectivity index is 2.01. The lowest BCUT2D eigenvalue weighted by Crippen LogP contribution is -2.40. The lowest BCUT2D eigenvalue weighted by atomic mass is 9.91. The highest BCUT2D eigenvalue weighted by Crippen LogP contribution is 2.45. The minimum absolute atomic E-state index is 0.0950. The Morgan fingerprint density at radius 1 is 1.27 bits per heavy atom. The maximum absolute atomic E-state index is 12.5. The predicted molar refractivity (Wildman–Crippen MR) is 81.2 cm³/mol. The van der Waals surface area contributed by atoms with Gasteiger partial charge in [0.25, 0.3) is 0 Å². The molecule has 1 unspecified atom stereocenters. The molecular weight excluding hydrogens is 286 g/mol. The summed E-state index contributed by atoms with van der Waals surface area (Å²) in [6.07, 6.45) is 4.62. The van der Waals surface area contributed by atoms with Gasteiger partial charge in [-0.3, -0.25) is 14.9 Å². The summed E-state index contributed by atoms with van der Waals surface area (Å²) in [6, 6.07) is 0. The van der Waals surface area contributed by atoms with E-state index >= 15 is 0 Å². The van der Waals surface area contributed by atoms with E-state index in [1.807, 2.05) is 13.8 Å².